The van der Waals surface area contributed by atoms with Gasteiger partial charge in [-0.05, 0) is 40.9 Å². The van der Waals surface area contributed by atoms with Crippen LogP contribution in [0.25, 0.3) is 0 Å². The molecule has 19 heavy (non-hydrogen) atoms. The van der Waals surface area contributed by atoms with E-state index in [1.165, 1.54) is 0 Å². The molecule has 2 aromatic heterocycles. The van der Waals surface area contributed by atoms with Gasteiger partial charge in [0.2, 0.25) is 0 Å². The molecule has 1 fully saturated rings. The van der Waals surface area contributed by atoms with Gasteiger partial charge in [-0.3, -0.25) is 4.79 Å². The van der Waals surface area contributed by atoms with Gasteiger partial charge >= 0.3 is 0 Å². The molecule has 5 heteroatoms. The van der Waals surface area contributed by atoms with Crippen LogP contribution in [0.3, 0.4) is 0 Å². The number of hydrogen-bond acceptors (Lipinski definition) is 2. The molecule has 0 atom stereocenters. The van der Waals surface area contributed by atoms with Crippen molar-refractivity contribution in [3.63, 3.8) is 0 Å². The van der Waals surface area contributed by atoms with E-state index in [9.17, 15) is 4.79 Å². The van der Waals surface area contributed by atoms with E-state index in [-0.39, 0.29) is 5.91 Å². The van der Waals surface area contributed by atoms with Crippen molar-refractivity contribution in [1.82, 2.24) is 9.47 Å². The predicted octanol–water partition coefficient (Wildman–Crippen LogP) is 3.45. The Morgan fingerprint density at radius 1 is 1.58 bits per heavy atom. The van der Waals surface area contributed by atoms with Gasteiger partial charge in [-0.1, -0.05) is 0 Å². The highest BCUT2D eigenvalue weighted by Crippen LogP contribution is 2.37. The Kier molecular flexibility index (Phi) is 3.22. The summed E-state index contributed by atoms with van der Waals surface area (Å²) in [6.45, 7) is 0.558. The Labute approximate surface area is 120 Å². The standard InChI is InChI=1S/C14H15BrN2O2/c1-16(7-10-4-5-19-9-10)14(18)13-6-11(15)8-17(13)12-2-3-12/h4-6,8-9,12H,2-3,7H2,1H3. The second-order valence-corrected chi connectivity index (χ2v) is 5.89. The summed E-state index contributed by atoms with van der Waals surface area (Å²) in [7, 11) is 1.81. The zero-order valence-corrected chi connectivity index (χ0v) is 12.3. The van der Waals surface area contributed by atoms with E-state index >= 15 is 0 Å². The molecule has 3 rings (SSSR count). The van der Waals surface area contributed by atoms with Crippen LogP contribution in [0.5, 0.6) is 0 Å². The smallest absolute Gasteiger partial charge is 0.270 e. The first kappa shape index (κ1) is 12.5. The lowest BCUT2D eigenvalue weighted by Crippen LogP contribution is -2.27. The zero-order chi connectivity index (χ0) is 13.4. The van der Waals surface area contributed by atoms with E-state index in [2.05, 4.69) is 20.5 Å². The van der Waals surface area contributed by atoms with Crippen molar-refractivity contribution in [2.75, 3.05) is 7.05 Å². The van der Waals surface area contributed by atoms with Crippen molar-refractivity contribution in [3.05, 3.63) is 46.6 Å². The second-order valence-electron chi connectivity index (χ2n) is 4.97. The summed E-state index contributed by atoms with van der Waals surface area (Å²) < 4.78 is 8.07. The lowest BCUT2D eigenvalue weighted by molar-refractivity contribution is 0.0774. The van der Waals surface area contributed by atoms with Crippen LogP contribution in [0.15, 0.2) is 39.7 Å². The molecule has 2 heterocycles. The molecule has 100 valence electrons. The third-order valence-corrected chi connectivity index (χ3v) is 3.75. The zero-order valence-electron chi connectivity index (χ0n) is 10.7. The molecule has 0 bridgehead atoms. The number of nitrogens with zero attached hydrogens (tertiary/aromatic N) is 2. The summed E-state index contributed by atoms with van der Waals surface area (Å²) in [6, 6.07) is 4.26. The highest BCUT2D eigenvalue weighted by atomic mass is 79.9. The minimum atomic E-state index is 0.0406. The SMILES string of the molecule is CN(Cc1ccoc1)C(=O)c1cc(Br)cn1C1CC1. The van der Waals surface area contributed by atoms with Gasteiger partial charge in [0, 0.05) is 35.9 Å². The molecule has 1 aliphatic rings. The minimum absolute atomic E-state index is 0.0406. The van der Waals surface area contributed by atoms with Crippen LogP contribution in [0, 0.1) is 0 Å². The quantitative estimate of drug-likeness (QED) is 0.864. The van der Waals surface area contributed by atoms with Crippen LogP contribution in [-0.4, -0.2) is 22.4 Å². The third-order valence-electron chi connectivity index (χ3n) is 3.32. The molecule has 0 radical (unpaired) electrons. The Morgan fingerprint density at radius 3 is 3.00 bits per heavy atom. The third kappa shape index (κ3) is 2.61. The minimum Gasteiger partial charge on any atom is -0.472 e. The fourth-order valence-electron chi connectivity index (χ4n) is 2.20. The molecule has 1 amide bonds. The average molecular weight is 323 g/mol. The summed E-state index contributed by atoms with van der Waals surface area (Å²) in [5.41, 5.74) is 1.75. The number of carbonyl (C=O) groups excluding carboxylic acids is 1. The Balaban J connectivity index is 1.79. The largest absolute Gasteiger partial charge is 0.472 e. The van der Waals surface area contributed by atoms with Crippen LogP contribution < -0.4 is 0 Å². The van der Waals surface area contributed by atoms with Gasteiger partial charge in [0.15, 0.2) is 0 Å². The van der Waals surface area contributed by atoms with Crippen molar-refractivity contribution >= 4 is 21.8 Å². The maximum Gasteiger partial charge on any atom is 0.270 e. The van der Waals surface area contributed by atoms with E-state index in [0.29, 0.717) is 12.6 Å². The lowest BCUT2D eigenvalue weighted by Gasteiger charge is -2.17. The van der Waals surface area contributed by atoms with Gasteiger partial charge in [0.1, 0.15) is 5.69 Å². The maximum atomic E-state index is 12.5. The molecule has 0 aromatic carbocycles. The number of furan rings is 1. The van der Waals surface area contributed by atoms with Gasteiger partial charge in [0.25, 0.3) is 5.91 Å². The molecule has 0 aliphatic heterocycles. The number of halogens is 1. The monoisotopic (exact) mass is 322 g/mol. The van der Waals surface area contributed by atoms with Crippen molar-refractivity contribution < 1.29 is 9.21 Å². The second kappa shape index (κ2) is 4.89. The average Bonchev–Trinajstić information content (AvgIpc) is 2.97. The molecule has 0 saturated heterocycles. The van der Waals surface area contributed by atoms with Crippen molar-refractivity contribution in [2.24, 2.45) is 0 Å². The van der Waals surface area contributed by atoms with Gasteiger partial charge < -0.3 is 13.9 Å². The fraction of sp³-hybridized carbons (Fsp3) is 0.357. The topological polar surface area (TPSA) is 38.4 Å². The molecule has 1 aliphatic carbocycles. The number of hydrogen-bond donors (Lipinski definition) is 0. The number of rotatable bonds is 4. The summed E-state index contributed by atoms with van der Waals surface area (Å²) in [6.07, 6.45) is 7.60. The van der Waals surface area contributed by atoms with E-state index in [1.54, 1.807) is 17.4 Å². The predicted molar refractivity (Wildman–Crippen MR) is 74.9 cm³/mol. The van der Waals surface area contributed by atoms with Crippen LogP contribution >= 0.6 is 15.9 Å². The van der Waals surface area contributed by atoms with Gasteiger partial charge in [0.05, 0.1) is 12.5 Å². The molecule has 0 spiro atoms. The van der Waals surface area contributed by atoms with Gasteiger partial charge in [-0.25, -0.2) is 0 Å². The Bertz CT molecular complexity index is 585. The van der Waals surface area contributed by atoms with Crippen LogP contribution in [0.1, 0.15) is 34.9 Å². The first-order valence-electron chi connectivity index (χ1n) is 6.29. The molecular weight excluding hydrogens is 308 g/mol. The summed E-state index contributed by atoms with van der Waals surface area (Å²) in [5.74, 6) is 0.0406. The number of amides is 1. The lowest BCUT2D eigenvalue weighted by atomic mass is 10.3. The molecule has 0 unspecified atom stereocenters. The Hall–Kier alpha value is -1.49. The van der Waals surface area contributed by atoms with E-state index in [4.69, 9.17) is 4.42 Å². The van der Waals surface area contributed by atoms with E-state index < -0.39 is 0 Å². The van der Waals surface area contributed by atoms with Crippen LogP contribution in [0.2, 0.25) is 0 Å². The first-order chi connectivity index (χ1) is 9.15. The number of carbonyl (C=O) groups is 1. The highest BCUT2D eigenvalue weighted by molar-refractivity contribution is 9.10. The fourth-order valence-corrected chi connectivity index (χ4v) is 2.63. The van der Waals surface area contributed by atoms with E-state index in [0.717, 1.165) is 28.6 Å². The summed E-state index contributed by atoms with van der Waals surface area (Å²) >= 11 is 3.45. The molecule has 2 aromatic rings. The van der Waals surface area contributed by atoms with Crippen molar-refractivity contribution in [1.29, 1.82) is 0 Å². The van der Waals surface area contributed by atoms with Crippen molar-refractivity contribution in [3.8, 4) is 0 Å². The highest BCUT2D eigenvalue weighted by Gasteiger charge is 2.28. The molecular formula is C14H15BrN2O2. The van der Waals surface area contributed by atoms with Gasteiger partial charge in [-0.15, -0.1) is 0 Å². The summed E-state index contributed by atoms with van der Waals surface area (Å²) in [5, 5.41) is 0. The Morgan fingerprint density at radius 2 is 2.37 bits per heavy atom. The maximum absolute atomic E-state index is 12.5. The van der Waals surface area contributed by atoms with Crippen molar-refractivity contribution in [2.45, 2.75) is 25.4 Å². The number of aromatic nitrogens is 1. The van der Waals surface area contributed by atoms with Gasteiger partial charge in [-0.2, -0.15) is 0 Å². The molecule has 0 N–H and O–H groups in total. The first-order valence-corrected chi connectivity index (χ1v) is 7.08. The molecule has 1 saturated carbocycles. The molecule has 4 nitrogen and oxygen atoms in total. The van der Waals surface area contributed by atoms with Crippen LogP contribution in [-0.2, 0) is 6.54 Å². The summed E-state index contributed by atoms with van der Waals surface area (Å²) in [4.78, 5) is 14.2. The van der Waals surface area contributed by atoms with E-state index in [1.807, 2.05) is 25.4 Å². The normalized spacial score (nSPS) is 14.6. The van der Waals surface area contributed by atoms with Crippen LogP contribution in [0.4, 0.5) is 0 Å².